The Morgan fingerprint density at radius 3 is 2.67 bits per heavy atom. The van der Waals surface area contributed by atoms with Crippen molar-refractivity contribution in [2.24, 2.45) is 0 Å². The van der Waals surface area contributed by atoms with Gasteiger partial charge in [0.25, 0.3) is 0 Å². The standard InChI is InChI=1S/C17H22ClN3/c1-11(2)21-10-16(12(3)20-21)15-7-4-13(8-17(15)18)9-19-14-5-6-14/h4,7-8,10-11,14,19H,5-6,9H2,1-3H3. The predicted molar refractivity (Wildman–Crippen MR) is 87.7 cm³/mol. The van der Waals surface area contributed by atoms with Crippen LogP contribution in [0.5, 0.6) is 0 Å². The van der Waals surface area contributed by atoms with Crippen LogP contribution < -0.4 is 5.32 Å². The highest BCUT2D eigenvalue weighted by Gasteiger charge is 2.20. The van der Waals surface area contributed by atoms with Gasteiger partial charge in [-0.3, -0.25) is 4.68 Å². The first kappa shape index (κ1) is 14.6. The molecule has 3 rings (SSSR count). The summed E-state index contributed by atoms with van der Waals surface area (Å²) in [7, 11) is 0. The highest BCUT2D eigenvalue weighted by Crippen LogP contribution is 2.31. The molecule has 0 amide bonds. The van der Waals surface area contributed by atoms with Crippen molar-refractivity contribution in [1.29, 1.82) is 0 Å². The number of hydrogen-bond acceptors (Lipinski definition) is 2. The van der Waals surface area contributed by atoms with Crippen molar-refractivity contribution in [2.75, 3.05) is 0 Å². The summed E-state index contributed by atoms with van der Waals surface area (Å²) in [4.78, 5) is 0. The molecule has 21 heavy (non-hydrogen) atoms. The summed E-state index contributed by atoms with van der Waals surface area (Å²) < 4.78 is 1.99. The molecule has 1 saturated carbocycles. The summed E-state index contributed by atoms with van der Waals surface area (Å²) in [6.07, 6.45) is 4.70. The van der Waals surface area contributed by atoms with E-state index >= 15 is 0 Å². The van der Waals surface area contributed by atoms with Crippen molar-refractivity contribution in [2.45, 2.75) is 52.2 Å². The molecule has 0 aliphatic heterocycles. The van der Waals surface area contributed by atoms with Crippen LogP contribution in [0.3, 0.4) is 0 Å². The highest BCUT2D eigenvalue weighted by molar-refractivity contribution is 6.33. The average molecular weight is 304 g/mol. The number of hydrogen-bond donors (Lipinski definition) is 1. The first-order chi connectivity index (χ1) is 10.0. The Morgan fingerprint density at radius 1 is 1.33 bits per heavy atom. The number of halogens is 1. The van der Waals surface area contributed by atoms with E-state index in [9.17, 15) is 0 Å². The number of aromatic nitrogens is 2. The van der Waals surface area contributed by atoms with Crippen molar-refractivity contribution < 1.29 is 0 Å². The van der Waals surface area contributed by atoms with E-state index in [-0.39, 0.29) is 0 Å². The second-order valence-electron chi connectivity index (χ2n) is 6.17. The molecule has 0 radical (unpaired) electrons. The van der Waals surface area contributed by atoms with Crippen LogP contribution in [0.25, 0.3) is 11.1 Å². The Bertz CT molecular complexity index is 641. The van der Waals surface area contributed by atoms with E-state index in [2.05, 4.69) is 48.7 Å². The second-order valence-corrected chi connectivity index (χ2v) is 6.58. The number of nitrogens with zero attached hydrogens (tertiary/aromatic N) is 2. The third kappa shape index (κ3) is 3.30. The number of rotatable bonds is 5. The molecule has 1 aromatic carbocycles. The lowest BCUT2D eigenvalue weighted by Crippen LogP contribution is -2.15. The molecule has 0 spiro atoms. The van der Waals surface area contributed by atoms with Crippen LogP contribution in [0, 0.1) is 6.92 Å². The molecule has 3 nitrogen and oxygen atoms in total. The molecule has 1 aliphatic rings. The number of aryl methyl sites for hydroxylation is 1. The third-order valence-electron chi connectivity index (χ3n) is 3.94. The van der Waals surface area contributed by atoms with E-state index in [1.54, 1.807) is 0 Å². The zero-order valence-electron chi connectivity index (χ0n) is 12.9. The SMILES string of the molecule is Cc1nn(C(C)C)cc1-c1ccc(CNC2CC2)cc1Cl. The van der Waals surface area contributed by atoms with E-state index in [1.807, 2.05) is 11.6 Å². The number of benzene rings is 1. The van der Waals surface area contributed by atoms with Gasteiger partial charge in [-0.15, -0.1) is 0 Å². The molecule has 1 aromatic heterocycles. The van der Waals surface area contributed by atoms with Gasteiger partial charge in [0.2, 0.25) is 0 Å². The Kier molecular flexibility index (Phi) is 4.05. The fraction of sp³-hybridized carbons (Fsp3) is 0.471. The normalized spacial score (nSPS) is 14.9. The molecule has 0 unspecified atom stereocenters. The Labute approximate surface area is 131 Å². The van der Waals surface area contributed by atoms with Gasteiger partial charge in [0.1, 0.15) is 0 Å². The van der Waals surface area contributed by atoms with E-state index in [1.165, 1.54) is 18.4 Å². The van der Waals surface area contributed by atoms with Gasteiger partial charge < -0.3 is 5.32 Å². The molecule has 112 valence electrons. The lowest BCUT2D eigenvalue weighted by molar-refractivity contribution is 0.529. The van der Waals surface area contributed by atoms with E-state index in [4.69, 9.17) is 11.6 Å². The Hall–Kier alpha value is -1.32. The molecular weight excluding hydrogens is 282 g/mol. The van der Waals surface area contributed by atoms with Crippen molar-refractivity contribution in [3.8, 4) is 11.1 Å². The zero-order valence-corrected chi connectivity index (χ0v) is 13.6. The molecule has 1 fully saturated rings. The molecule has 2 aromatic rings. The van der Waals surface area contributed by atoms with E-state index in [0.29, 0.717) is 6.04 Å². The minimum atomic E-state index is 0.359. The highest BCUT2D eigenvalue weighted by atomic mass is 35.5. The molecule has 0 saturated heterocycles. The Morgan fingerprint density at radius 2 is 2.10 bits per heavy atom. The van der Waals surface area contributed by atoms with Gasteiger partial charge in [0.05, 0.1) is 5.69 Å². The van der Waals surface area contributed by atoms with Gasteiger partial charge in [0.15, 0.2) is 0 Å². The maximum Gasteiger partial charge on any atom is 0.0672 e. The molecule has 1 heterocycles. The summed E-state index contributed by atoms with van der Waals surface area (Å²) in [5.41, 5.74) is 4.45. The van der Waals surface area contributed by atoms with E-state index in [0.717, 1.165) is 34.4 Å². The summed E-state index contributed by atoms with van der Waals surface area (Å²) in [6, 6.07) is 7.41. The van der Waals surface area contributed by atoms with Crippen molar-refractivity contribution in [1.82, 2.24) is 15.1 Å². The van der Waals surface area contributed by atoms with Gasteiger partial charge >= 0.3 is 0 Å². The van der Waals surface area contributed by atoms with Crippen LogP contribution in [-0.2, 0) is 6.54 Å². The van der Waals surface area contributed by atoms with Gasteiger partial charge in [-0.05, 0) is 45.2 Å². The van der Waals surface area contributed by atoms with Gasteiger partial charge in [0, 0.05) is 41.0 Å². The minimum absolute atomic E-state index is 0.359. The van der Waals surface area contributed by atoms with Crippen molar-refractivity contribution >= 4 is 11.6 Å². The monoisotopic (exact) mass is 303 g/mol. The summed E-state index contributed by atoms with van der Waals surface area (Å²) in [5, 5.41) is 8.88. The van der Waals surface area contributed by atoms with Crippen LogP contribution in [0.15, 0.2) is 24.4 Å². The quantitative estimate of drug-likeness (QED) is 0.890. The molecular formula is C17H22ClN3. The van der Waals surface area contributed by atoms with Crippen LogP contribution >= 0.6 is 11.6 Å². The topological polar surface area (TPSA) is 29.9 Å². The fourth-order valence-corrected chi connectivity index (χ4v) is 2.75. The fourth-order valence-electron chi connectivity index (χ4n) is 2.45. The van der Waals surface area contributed by atoms with Crippen molar-refractivity contribution in [3.63, 3.8) is 0 Å². The zero-order chi connectivity index (χ0) is 15.0. The molecule has 1 N–H and O–H groups in total. The molecule has 1 aliphatic carbocycles. The maximum absolute atomic E-state index is 6.49. The Balaban J connectivity index is 1.84. The van der Waals surface area contributed by atoms with Crippen molar-refractivity contribution in [3.05, 3.63) is 40.7 Å². The lowest BCUT2D eigenvalue weighted by Gasteiger charge is -2.08. The average Bonchev–Trinajstić information content (AvgIpc) is 3.19. The van der Waals surface area contributed by atoms with Crippen LogP contribution in [0.4, 0.5) is 0 Å². The molecule has 4 heteroatoms. The molecule has 0 atom stereocenters. The minimum Gasteiger partial charge on any atom is -0.310 e. The second kappa shape index (κ2) is 5.82. The summed E-state index contributed by atoms with van der Waals surface area (Å²) in [5.74, 6) is 0. The van der Waals surface area contributed by atoms with Crippen LogP contribution in [-0.4, -0.2) is 15.8 Å². The van der Waals surface area contributed by atoms with Crippen LogP contribution in [0.2, 0.25) is 5.02 Å². The summed E-state index contributed by atoms with van der Waals surface area (Å²) in [6.45, 7) is 7.19. The first-order valence-corrected chi connectivity index (χ1v) is 8.00. The smallest absolute Gasteiger partial charge is 0.0672 e. The van der Waals surface area contributed by atoms with E-state index < -0.39 is 0 Å². The third-order valence-corrected chi connectivity index (χ3v) is 4.25. The summed E-state index contributed by atoms with van der Waals surface area (Å²) >= 11 is 6.49. The van der Waals surface area contributed by atoms with Gasteiger partial charge in [-0.25, -0.2) is 0 Å². The largest absolute Gasteiger partial charge is 0.310 e. The van der Waals surface area contributed by atoms with Crippen LogP contribution in [0.1, 0.15) is 44.0 Å². The molecule has 0 bridgehead atoms. The predicted octanol–water partition coefficient (Wildman–Crippen LogP) is 4.34. The van der Waals surface area contributed by atoms with Gasteiger partial charge in [-0.1, -0.05) is 23.7 Å². The first-order valence-electron chi connectivity index (χ1n) is 7.62. The number of nitrogens with one attached hydrogen (secondary N) is 1. The van der Waals surface area contributed by atoms with Gasteiger partial charge in [-0.2, -0.15) is 5.10 Å². The lowest BCUT2D eigenvalue weighted by atomic mass is 10.0. The maximum atomic E-state index is 6.49.